The highest BCUT2D eigenvalue weighted by atomic mass is 19.1. The number of rotatable bonds is 4. The Labute approximate surface area is 121 Å². The molecule has 1 amide bonds. The Morgan fingerprint density at radius 1 is 1.38 bits per heavy atom. The molecule has 2 aromatic rings. The van der Waals surface area contributed by atoms with E-state index in [1.807, 2.05) is 0 Å². The van der Waals surface area contributed by atoms with Crippen LogP contribution in [0.15, 0.2) is 41.0 Å². The molecule has 0 radical (unpaired) electrons. The molecule has 0 spiro atoms. The van der Waals surface area contributed by atoms with E-state index in [4.69, 9.17) is 9.52 Å². The van der Waals surface area contributed by atoms with Gasteiger partial charge in [0.25, 0.3) is 5.91 Å². The second kappa shape index (κ2) is 7.27. The van der Waals surface area contributed by atoms with Crippen LogP contribution in [0.1, 0.15) is 21.7 Å². The second-order valence-corrected chi connectivity index (χ2v) is 4.24. The first-order valence-corrected chi connectivity index (χ1v) is 6.40. The van der Waals surface area contributed by atoms with Crippen molar-refractivity contribution >= 4 is 5.91 Å². The molecule has 0 aliphatic rings. The molecule has 21 heavy (non-hydrogen) atoms. The predicted octanol–water partition coefficient (Wildman–Crippen LogP) is 1.73. The van der Waals surface area contributed by atoms with Gasteiger partial charge < -0.3 is 14.8 Å². The zero-order valence-electron chi connectivity index (χ0n) is 11.2. The maximum Gasteiger partial charge on any atom is 0.254 e. The Hall–Kier alpha value is -2.58. The van der Waals surface area contributed by atoms with Crippen LogP contribution in [0.3, 0.4) is 0 Å². The van der Waals surface area contributed by atoms with E-state index in [0.717, 1.165) is 5.76 Å². The fourth-order valence-corrected chi connectivity index (χ4v) is 1.77. The summed E-state index contributed by atoms with van der Waals surface area (Å²) in [4.78, 5) is 11.9. The highest BCUT2D eigenvalue weighted by Crippen LogP contribution is 2.10. The van der Waals surface area contributed by atoms with Crippen molar-refractivity contribution in [2.24, 2.45) is 0 Å². The quantitative estimate of drug-likeness (QED) is 0.842. The van der Waals surface area contributed by atoms with Gasteiger partial charge in [-0.1, -0.05) is 11.8 Å². The van der Waals surface area contributed by atoms with Gasteiger partial charge in [0.15, 0.2) is 0 Å². The van der Waals surface area contributed by atoms with Crippen molar-refractivity contribution in [1.29, 1.82) is 0 Å². The van der Waals surface area contributed by atoms with Crippen LogP contribution < -0.4 is 5.32 Å². The third-order valence-corrected chi connectivity index (χ3v) is 2.76. The van der Waals surface area contributed by atoms with E-state index in [0.29, 0.717) is 18.5 Å². The summed E-state index contributed by atoms with van der Waals surface area (Å²) in [5, 5.41) is 11.2. The van der Waals surface area contributed by atoms with E-state index in [-0.39, 0.29) is 12.2 Å². The molecule has 0 saturated carbocycles. The van der Waals surface area contributed by atoms with E-state index in [1.54, 1.807) is 18.4 Å². The van der Waals surface area contributed by atoms with E-state index < -0.39 is 11.7 Å². The lowest BCUT2D eigenvalue weighted by Gasteiger charge is -2.05. The minimum Gasteiger partial charge on any atom is -0.469 e. The molecule has 0 bridgehead atoms. The van der Waals surface area contributed by atoms with Crippen LogP contribution >= 0.6 is 0 Å². The molecule has 1 aromatic carbocycles. The van der Waals surface area contributed by atoms with E-state index in [1.165, 1.54) is 18.2 Å². The van der Waals surface area contributed by atoms with E-state index in [9.17, 15) is 9.18 Å². The fourth-order valence-electron chi connectivity index (χ4n) is 1.77. The van der Waals surface area contributed by atoms with Gasteiger partial charge in [-0.3, -0.25) is 4.79 Å². The van der Waals surface area contributed by atoms with Gasteiger partial charge in [0, 0.05) is 18.5 Å². The third kappa shape index (κ3) is 4.20. The molecular formula is C16H14FNO3. The van der Waals surface area contributed by atoms with Gasteiger partial charge in [-0.15, -0.1) is 0 Å². The number of aliphatic hydroxyl groups is 1. The minimum atomic E-state index is -0.643. The topological polar surface area (TPSA) is 62.5 Å². The minimum absolute atomic E-state index is 0.0380. The average Bonchev–Trinajstić information content (AvgIpc) is 2.98. The molecule has 4 nitrogen and oxygen atoms in total. The maximum atomic E-state index is 13.8. The molecule has 108 valence electrons. The van der Waals surface area contributed by atoms with Gasteiger partial charge in [-0.05, 0) is 30.3 Å². The molecule has 0 atom stereocenters. The number of carbonyl (C=O) groups is 1. The third-order valence-electron chi connectivity index (χ3n) is 2.76. The average molecular weight is 287 g/mol. The Kier molecular flexibility index (Phi) is 5.13. The summed E-state index contributed by atoms with van der Waals surface area (Å²) in [6, 6.07) is 7.65. The summed E-state index contributed by atoms with van der Waals surface area (Å²) in [6.07, 6.45) is 2.10. The summed E-state index contributed by atoms with van der Waals surface area (Å²) in [5.74, 6) is 4.62. The highest BCUT2D eigenvalue weighted by molar-refractivity contribution is 5.94. The summed E-state index contributed by atoms with van der Waals surface area (Å²) in [7, 11) is 0. The number of aliphatic hydroxyl groups excluding tert-OH is 1. The summed E-state index contributed by atoms with van der Waals surface area (Å²) in [6.45, 7) is 0.0640. The number of halogens is 1. The molecule has 0 aliphatic heterocycles. The van der Waals surface area contributed by atoms with Gasteiger partial charge in [0.05, 0.1) is 11.8 Å². The molecule has 1 aromatic heterocycles. The molecule has 0 unspecified atom stereocenters. The van der Waals surface area contributed by atoms with Crippen molar-refractivity contribution in [3.8, 4) is 11.8 Å². The van der Waals surface area contributed by atoms with Crippen LogP contribution in [0.5, 0.6) is 0 Å². The van der Waals surface area contributed by atoms with Crippen molar-refractivity contribution in [2.45, 2.75) is 6.42 Å². The van der Waals surface area contributed by atoms with E-state index in [2.05, 4.69) is 17.2 Å². The standard InChI is InChI=1S/C16H14FNO3/c17-15-11-12(3-1-9-19)5-6-14(15)16(20)18-8-7-13-4-2-10-21-13/h2,4-6,10-11,19H,7-9H2,(H,18,20). The molecule has 2 N–H and O–H groups in total. The molecule has 0 fully saturated rings. The highest BCUT2D eigenvalue weighted by Gasteiger charge is 2.11. The zero-order chi connectivity index (χ0) is 15.1. The number of hydrogen-bond acceptors (Lipinski definition) is 3. The van der Waals surface area contributed by atoms with Gasteiger partial charge in [-0.25, -0.2) is 4.39 Å². The summed E-state index contributed by atoms with van der Waals surface area (Å²) >= 11 is 0. The van der Waals surface area contributed by atoms with E-state index >= 15 is 0 Å². The van der Waals surface area contributed by atoms with Crippen LogP contribution in [-0.2, 0) is 6.42 Å². The lowest BCUT2D eigenvalue weighted by Crippen LogP contribution is -2.26. The monoisotopic (exact) mass is 287 g/mol. The van der Waals surface area contributed by atoms with Gasteiger partial charge >= 0.3 is 0 Å². The lowest BCUT2D eigenvalue weighted by atomic mass is 10.1. The summed E-state index contributed by atoms with van der Waals surface area (Å²) < 4.78 is 19.0. The van der Waals surface area contributed by atoms with Crippen LogP contribution in [0.4, 0.5) is 4.39 Å². The lowest BCUT2D eigenvalue weighted by molar-refractivity contribution is 0.0949. The van der Waals surface area contributed by atoms with Gasteiger partial charge in [-0.2, -0.15) is 0 Å². The van der Waals surface area contributed by atoms with Crippen molar-refractivity contribution in [2.75, 3.05) is 13.2 Å². The van der Waals surface area contributed by atoms with Crippen LogP contribution in [0.2, 0.25) is 0 Å². The number of furan rings is 1. The Bertz CT molecular complexity index is 669. The number of carbonyl (C=O) groups excluding carboxylic acids is 1. The first kappa shape index (κ1) is 14.8. The Morgan fingerprint density at radius 3 is 2.90 bits per heavy atom. The molecule has 5 heteroatoms. The van der Waals surface area contributed by atoms with Crippen LogP contribution in [0.25, 0.3) is 0 Å². The summed E-state index contributed by atoms with van der Waals surface area (Å²) in [5.41, 5.74) is 0.373. The van der Waals surface area contributed by atoms with Gasteiger partial charge in [0.2, 0.25) is 0 Å². The first-order valence-electron chi connectivity index (χ1n) is 6.40. The molecular weight excluding hydrogens is 273 g/mol. The van der Waals surface area contributed by atoms with Crippen molar-refractivity contribution in [1.82, 2.24) is 5.32 Å². The number of amides is 1. The van der Waals surface area contributed by atoms with Crippen LogP contribution in [0, 0.1) is 17.7 Å². The molecule has 2 rings (SSSR count). The second-order valence-electron chi connectivity index (χ2n) is 4.24. The maximum absolute atomic E-state index is 13.8. The fraction of sp³-hybridized carbons (Fsp3) is 0.188. The molecule has 0 aliphatic carbocycles. The largest absolute Gasteiger partial charge is 0.469 e. The smallest absolute Gasteiger partial charge is 0.254 e. The Balaban J connectivity index is 1.95. The van der Waals surface area contributed by atoms with Crippen molar-refractivity contribution in [3.63, 3.8) is 0 Å². The normalized spacial score (nSPS) is 9.81. The predicted molar refractivity (Wildman–Crippen MR) is 75.1 cm³/mol. The first-order chi connectivity index (χ1) is 10.2. The SMILES string of the molecule is O=C(NCCc1ccco1)c1ccc(C#CCO)cc1F. The molecule has 0 saturated heterocycles. The number of hydrogen-bond donors (Lipinski definition) is 2. The zero-order valence-corrected chi connectivity index (χ0v) is 11.2. The van der Waals surface area contributed by atoms with Crippen molar-refractivity contribution in [3.05, 3.63) is 59.3 Å². The van der Waals surface area contributed by atoms with Crippen LogP contribution in [-0.4, -0.2) is 24.2 Å². The van der Waals surface area contributed by atoms with Gasteiger partial charge in [0.1, 0.15) is 18.2 Å². The van der Waals surface area contributed by atoms with Crippen molar-refractivity contribution < 1.29 is 18.7 Å². The number of benzene rings is 1. The Morgan fingerprint density at radius 2 is 2.24 bits per heavy atom. The number of nitrogens with one attached hydrogen (secondary N) is 1. The molecule has 1 heterocycles.